The molecule has 0 aliphatic rings. The zero-order chi connectivity index (χ0) is 11.4. The van der Waals surface area contributed by atoms with Crippen LogP contribution in [0.3, 0.4) is 0 Å². The summed E-state index contributed by atoms with van der Waals surface area (Å²) in [5.74, 6) is 0. The Morgan fingerprint density at radius 2 is 2.44 bits per heavy atom. The Kier molecular flexibility index (Phi) is 3.31. The van der Waals surface area contributed by atoms with E-state index in [9.17, 15) is 4.79 Å². The third-order valence-electron chi connectivity index (χ3n) is 1.92. The number of pyridine rings is 1. The summed E-state index contributed by atoms with van der Waals surface area (Å²) in [6.07, 6.45) is 2.62. The van der Waals surface area contributed by atoms with Crippen molar-refractivity contribution in [3.05, 3.63) is 18.3 Å². The Bertz CT molecular complexity index is 463. The van der Waals surface area contributed by atoms with Crippen molar-refractivity contribution in [1.29, 1.82) is 0 Å². The summed E-state index contributed by atoms with van der Waals surface area (Å²) in [7, 11) is 0. The van der Waals surface area contributed by atoms with Crippen LogP contribution in [0, 0.1) is 0 Å². The minimum atomic E-state index is -0.221. The largest absolute Gasteiger partial charge is 0.338 e. The Labute approximate surface area is 96.9 Å². The van der Waals surface area contributed by atoms with E-state index in [1.54, 1.807) is 6.20 Å². The van der Waals surface area contributed by atoms with E-state index in [1.165, 1.54) is 11.3 Å². The van der Waals surface area contributed by atoms with Gasteiger partial charge in [-0.05, 0) is 18.6 Å². The molecule has 2 aromatic rings. The minimum absolute atomic E-state index is 0.221. The summed E-state index contributed by atoms with van der Waals surface area (Å²) in [5, 5.41) is 5.98. The minimum Gasteiger partial charge on any atom is -0.338 e. The van der Waals surface area contributed by atoms with E-state index in [0.717, 1.165) is 16.8 Å². The van der Waals surface area contributed by atoms with Gasteiger partial charge in [-0.25, -0.2) is 14.8 Å². The number of fused-ring (bicyclic) bond motifs is 1. The van der Waals surface area contributed by atoms with Crippen molar-refractivity contribution in [2.24, 2.45) is 0 Å². The number of aromatic nitrogens is 2. The molecule has 0 spiro atoms. The third-order valence-corrected chi connectivity index (χ3v) is 2.82. The number of thiazole rings is 1. The molecule has 2 N–H and O–H groups in total. The standard InChI is InChI=1S/C10H12N4OS/c1-2-5-12-9(15)14-10-13-7-4-3-6-11-8(7)16-10/h3-4,6H,2,5H2,1H3,(H2,12,13,14,15). The smallest absolute Gasteiger partial charge is 0.321 e. The number of carbonyl (C=O) groups excluding carboxylic acids is 1. The van der Waals surface area contributed by atoms with Gasteiger partial charge in [-0.1, -0.05) is 18.3 Å². The van der Waals surface area contributed by atoms with E-state index in [0.29, 0.717) is 11.7 Å². The Morgan fingerprint density at radius 1 is 1.56 bits per heavy atom. The maximum Gasteiger partial charge on any atom is 0.321 e. The average molecular weight is 236 g/mol. The first-order chi connectivity index (χ1) is 7.79. The molecule has 2 rings (SSSR count). The molecule has 0 fully saturated rings. The SMILES string of the molecule is CCCNC(=O)Nc1nc2cccnc2s1. The molecule has 0 bridgehead atoms. The molecule has 84 valence electrons. The van der Waals surface area contributed by atoms with Crippen molar-refractivity contribution < 1.29 is 4.79 Å². The first-order valence-corrected chi connectivity index (χ1v) is 5.87. The van der Waals surface area contributed by atoms with Gasteiger partial charge in [-0.2, -0.15) is 0 Å². The number of urea groups is 1. The van der Waals surface area contributed by atoms with Crippen LogP contribution in [-0.4, -0.2) is 22.5 Å². The molecule has 0 saturated carbocycles. The van der Waals surface area contributed by atoms with Crippen molar-refractivity contribution in [3.63, 3.8) is 0 Å². The number of rotatable bonds is 3. The van der Waals surface area contributed by atoms with E-state index in [-0.39, 0.29) is 6.03 Å². The van der Waals surface area contributed by atoms with Crippen LogP contribution < -0.4 is 10.6 Å². The number of carbonyl (C=O) groups is 1. The van der Waals surface area contributed by atoms with Gasteiger partial charge in [0.2, 0.25) is 0 Å². The van der Waals surface area contributed by atoms with Gasteiger partial charge in [-0.15, -0.1) is 0 Å². The quantitative estimate of drug-likeness (QED) is 0.858. The van der Waals surface area contributed by atoms with E-state index < -0.39 is 0 Å². The number of anilines is 1. The fourth-order valence-corrected chi connectivity index (χ4v) is 2.01. The summed E-state index contributed by atoms with van der Waals surface area (Å²) in [6.45, 7) is 2.66. The second-order valence-electron chi connectivity index (χ2n) is 3.23. The molecular formula is C10H12N4OS. The molecule has 16 heavy (non-hydrogen) atoms. The highest BCUT2D eigenvalue weighted by Gasteiger charge is 2.06. The predicted molar refractivity (Wildman–Crippen MR) is 64.7 cm³/mol. The van der Waals surface area contributed by atoms with Gasteiger partial charge in [0.15, 0.2) is 5.13 Å². The highest BCUT2D eigenvalue weighted by Crippen LogP contribution is 2.22. The van der Waals surface area contributed by atoms with Crippen LogP contribution in [-0.2, 0) is 0 Å². The van der Waals surface area contributed by atoms with Crippen LogP contribution in [0.2, 0.25) is 0 Å². The summed E-state index contributed by atoms with van der Waals surface area (Å²) in [4.78, 5) is 20.6. The van der Waals surface area contributed by atoms with Gasteiger partial charge in [0.05, 0.1) is 0 Å². The van der Waals surface area contributed by atoms with Crippen LogP contribution in [0.4, 0.5) is 9.93 Å². The van der Waals surface area contributed by atoms with Crippen LogP contribution in [0.25, 0.3) is 10.3 Å². The zero-order valence-electron chi connectivity index (χ0n) is 8.86. The van der Waals surface area contributed by atoms with Gasteiger partial charge in [0.1, 0.15) is 10.3 Å². The average Bonchev–Trinajstić information content (AvgIpc) is 2.68. The van der Waals surface area contributed by atoms with Gasteiger partial charge in [0, 0.05) is 12.7 Å². The predicted octanol–water partition coefficient (Wildman–Crippen LogP) is 2.22. The third kappa shape index (κ3) is 2.46. The monoisotopic (exact) mass is 236 g/mol. The summed E-state index contributed by atoms with van der Waals surface area (Å²) in [6, 6.07) is 3.47. The van der Waals surface area contributed by atoms with Crippen LogP contribution in [0.15, 0.2) is 18.3 Å². The highest BCUT2D eigenvalue weighted by atomic mass is 32.1. The van der Waals surface area contributed by atoms with Gasteiger partial charge >= 0.3 is 6.03 Å². The molecular weight excluding hydrogens is 224 g/mol. The van der Waals surface area contributed by atoms with Gasteiger partial charge in [0.25, 0.3) is 0 Å². The van der Waals surface area contributed by atoms with Crippen LogP contribution in [0.1, 0.15) is 13.3 Å². The second-order valence-corrected chi connectivity index (χ2v) is 4.21. The topological polar surface area (TPSA) is 66.9 Å². The van der Waals surface area contributed by atoms with Crippen molar-refractivity contribution in [1.82, 2.24) is 15.3 Å². The maximum absolute atomic E-state index is 11.4. The molecule has 2 heterocycles. The lowest BCUT2D eigenvalue weighted by molar-refractivity contribution is 0.252. The van der Waals surface area contributed by atoms with Crippen molar-refractivity contribution in [2.45, 2.75) is 13.3 Å². The van der Waals surface area contributed by atoms with Crippen molar-refractivity contribution >= 4 is 32.8 Å². The summed E-state index contributed by atoms with van der Waals surface area (Å²) >= 11 is 1.36. The van der Waals surface area contributed by atoms with E-state index in [1.807, 2.05) is 19.1 Å². The number of hydrogen-bond donors (Lipinski definition) is 2. The number of nitrogens with one attached hydrogen (secondary N) is 2. The molecule has 2 aromatic heterocycles. The molecule has 0 aliphatic carbocycles. The first-order valence-electron chi connectivity index (χ1n) is 5.06. The van der Waals surface area contributed by atoms with Crippen molar-refractivity contribution in [2.75, 3.05) is 11.9 Å². The molecule has 0 aliphatic heterocycles. The Hall–Kier alpha value is -1.69. The maximum atomic E-state index is 11.4. The van der Waals surface area contributed by atoms with Gasteiger partial charge < -0.3 is 5.32 Å². The summed E-state index contributed by atoms with van der Waals surface area (Å²) < 4.78 is 0. The number of amides is 2. The van der Waals surface area contributed by atoms with Crippen LogP contribution >= 0.6 is 11.3 Å². The van der Waals surface area contributed by atoms with E-state index in [2.05, 4.69) is 20.6 Å². The molecule has 0 unspecified atom stereocenters. The lowest BCUT2D eigenvalue weighted by Crippen LogP contribution is -2.29. The lowest BCUT2D eigenvalue weighted by atomic mass is 10.5. The van der Waals surface area contributed by atoms with E-state index in [4.69, 9.17) is 0 Å². The zero-order valence-corrected chi connectivity index (χ0v) is 9.67. The number of nitrogens with zero attached hydrogens (tertiary/aromatic N) is 2. The highest BCUT2D eigenvalue weighted by molar-refractivity contribution is 7.21. The first kappa shape index (κ1) is 10.8. The Balaban J connectivity index is 2.07. The van der Waals surface area contributed by atoms with Crippen molar-refractivity contribution in [3.8, 4) is 0 Å². The fraction of sp³-hybridized carbons (Fsp3) is 0.300. The molecule has 0 radical (unpaired) electrons. The van der Waals surface area contributed by atoms with Gasteiger partial charge in [-0.3, -0.25) is 5.32 Å². The second kappa shape index (κ2) is 4.89. The molecule has 0 saturated heterocycles. The molecule has 0 atom stereocenters. The number of hydrogen-bond acceptors (Lipinski definition) is 4. The normalized spacial score (nSPS) is 10.3. The molecule has 0 aromatic carbocycles. The molecule has 2 amide bonds. The van der Waals surface area contributed by atoms with E-state index >= 15 is 0 Å². The fourth-order valence-electron chi connectivity index (χ4n) is 1.20. The molecule has 6 heteroatoms. The molecule has 5 nitrogen and oxygen atoms in total. The lowest BCUT2D eigenvalue weighted by Gasteiger charge is -2.02. The Morgan fingerprint density at radius 3 is 3.19 bits per heavy atom. The summed E-state index contributed by atoms with van der Waals surface area (Å²) in [5.41, 5.74) is 0.804. The van der Waals surface area contributed by atoms with Crippen LogP contribution in [0.5, 0.6) is 0 Å².